The first-order valence-corrected chi connectivity index (χ1v) is 13.8. The number of nitrogen functional groups attached to an aromatic ring is 1. The molecule has 9 N–H and O–H groups in total. The number of phosphoric ester groups is 1. The predicted molar refractivity (Wildman–Crippen MR) is 105 cm³/mol. The van der Waals surface area contributed by atoms with Gasteiger partial charge in [0.1, 0.15) is 18.3 Å². The summed E-state index contributed by atoms with van der Waals surface area (Å²) >= 11 is 4.37. The van der Waals surface area contributed by atoms with E-state index in [0.717, 1.165) is 10.9 Å². The molecule has 180 valence electrons. The Morgan fingerprint density at radius 3 is 2.53 bits per heavy atom. The van der Waals surface area contributed by atoms with E-state index < -0.39 is 59.1 Å². The monoisotopic (exact) mass is 539 g/mol. The Morgan fingerprint density at radius 1 is 1.28 bits per heavy atom. The molecule has 5 atom stereocenters. The number of aromatic amines is 1. The number of phosphoric acid groups is 2. The third-order valence-corrected chi connectivity index (χ3v) is 6.83. The van der Waals surface area contributed by atoms with Gasteiger partial charge in [-0.15, -0.1) is 0 Å². The van der Waals surface area contributed by atoms with Gasteiger partial charge in [-0.3, -0.25) is 23.4 Å². The first-order chi connectivity index (χ1) is 14.6. The number of nitrogens with one attached hydrogen (secondary N) is 1. The Bertz CT molecular complexity index is 1210. The number of nitrogens with two attached hydrogens (primary N) is 1. The molecule has 1 aliphatic heterocycles. The SMILES string of the molecule is Nc1nc2c(ncn2[C@@H]2O[C@H](COP(=O)(O)OP(=O)(O)O)[C@@H](OP(O)(O)=S)[C@H]2O)c(=O)[nH]1. The molecule has 18 nitrogen and oxygen atoms in total. The van der Waals surface area contributed by atoms with E-state index in [-0.39, 0.29) is 17.1 Å². The first-order valence-electron chi connectivity index (χ1n) is 8.10. The van der Waals surface area contributed by atoms with Crippen molar-refractivity contribution in [2.24, 2.45) is 0 Å². The second-order valence-corrected chi connectivity index (χ2v) is 11.7. The summed E-state index contributed by atoms with van der Waals surface area (Å²) in [4.78, 5) is 67.5. The summed E-state index contributed by atoms with van der Waals surface area (Å²) < 4.78 is 41.9. The van der Waals surface area contributed by atoms with Gasteiger partial charge >= 0.3 is 22.4 Å². The number of ether oxygens (including phenoxy) is 1. The highest BCUT2D eigenvalue weighted by Gasteiger charge is 2.49. The van der Waals surface area contributed by atoms with E-state index >= 15 is 0 Å². The molecule has 0 aromatic carbocycles. The van der Waals surface area contributed by atoms with Crippen LogP contribution in [0.15, 0.2) is 11.1 Å². The average Bonchev–Trinajstić information content (AvgIpc) is 3.12. The molecule has 1 fully saturated rings. The summed E-state index contributed by atoms with van der Waals surface area (Å²) in [7, 11) is -10.7. The van der Waals surface area contributed by atoms with Crippen molar-refractivity contribution in [1.29, 1.82) is 0 Å². The van der Waals surface area contributed by atoms with Gasteiger partial charge in [-0.1, -0.05) is 0 Å². The number of nitrogens with zero attached hydrogens (tertiary/aromatic N) is 3. The largest absolute Gasteiger partial charge is 0.481 e. The molecule has 2 aromatic rings. The average molecular weight is 539 g/mol. The van der Waals surface area contributed by atoms with Crippen LogP contribution in [0.4, 0.5) is 5.95 Å². The summed E-state index contributed by atoms with van der Waals surface area (Å²) in [6, 6.07) is 0. The van der Waals surface area contributed by atoms with Crippen molar-refractivity contribution < 1.29 is 56.8 Å². The molecule has 0 amide bonds. The molecule has 3 heterocycles. The number of aliphatic hydroxyl groups is 1. The molecule has 0 saturated carbocycles. The molecule has 32 heavy (non-hydrogen) atoms. The fourth-order valence-electron chi connectivity index (χ4n) is 2.83. The van der Waals surface area contributed by atoms with E-state index in [1.165, 1.54) is 0 Å². The van der Waals surface area contributed by atoms with E-state index in [1.807, 2.05) is 0 Å². The fraction of sp³-hybridized carbons (Fsp3) is 0.500. The minimum atomic E-state index is -5.41. The molecular formula is C10H16N5O13P3S. The zero-order valence-electron chi connectivity index (χ0n) is 15.3. The van der Waals surface area contributed by atoms with Crippen LogP contribution in [-0.4, -0.2) is 74.0 Å². The van der Waals surface area contributed by atoms with E-state index in [1.54, 1.807) is 0 Å². The standard InChI is InChI=1S/C10H16N5O13P3S/c11-10-13-7-4(8(17)14-10)12-2-15(7)9-5(16)6(27-31(23,24)32)3(26-9)1-25-30(21,22)28-29(18,19)20/h2-3,5-6,9,16H,1H2,(H,21,22)(H2,18,19,20)(H2,23,24,32)(H3,11,13,14,17)/t3-,5-,6-,9-/m1/s1. The highest BCUT2D eigenvalue weighted by atomic mass is 32.5. The van der Waals surface area contributed by atoms with Crippen LogP contribution >= 0.6 is 22.4 Å². The molecule has 0 aliphatic carbocycles. The van der Waals surface area contributed by atoms with Crippen LogP contribution in [0.2, 0.25) is 0 Å². The number of anilines is 1. The topological polar surface area (TPSA) is 282 Å². The van der Waals surface area contributed by atoms with Gasteiger partial charge in [0.25, 0.3) is 5.56 Å². The third-order valence-electron chi connectivity index (χ3n) is 3.90. The molecule has 22 heteroatoms. The molecular weight excluding hydrogens is 523 g/mol. The lowest BCUT2D eigenvalue weighted by atomic mass is 10.1. The van der Waals surface area contributed by atoms with Gasteiger partial charge < -0.3 is 40.0 Å². The Morgan fingerprint density at radius 2 is 1.94 bits per heavy atom. The number of aromatic nitrogens is 4. The third kappa shape index (κ3) is 6.05. The second-order valence-electron chi connectivity index (χ2n) is 6.23. The summed E-state index contributed by atoms with van der Waals surface area (Å²) in [5.41, 5.74) is 4.48. The number of hydrogen-bond acceptors (Lipinski definition) is 12. The molecule has 0 bridgehead atoms. The lowest BCUT2D eigenvalue weighted by Gasteiger charge is -2.23. The zero-order chi connectivity index (χ0) is 24.1. The number of hydrogen-bond donors (Lipinski definition) is 8. The van der Waals surface area contributed by atoms with Crippen molar-refractivity contribution in [3.8, 4) is 0 Å². The van der Waals surface area contributed by atoms with Crippen molar-refractivity contribution in [3.05, 3.63) is 16.7 Å². The lowest BCUT2D eigenvalue weighted by Crippen LogP contribution is -2.35. The zero-order valence-corrected chi connectivity index (χ0v) is 18.8. The summed E-state index contributed by atoms with van der Waals surface area (Å²) in [5, 5.41) is 10.6. The predicted octanol–water partition coefficient (Wildman–Crippen LogP) is -2.22. The van der Waals surface area contributed by atoms with Gasteiger partial charge in [-0.25, -0.2) is 14.1 Å². The first kappa shape index (κ1) is 25.5. The van der Waals surface area contributed by atoms with Gasteiger partial charge in [0.15, 0.2) is 17.4 Å². The highest BCUT2D eigenvalue weighted by Crippen LogP contribution is 2.58. The molecule has 1 aliphatic rings. The molecule has 0 radical (unpaired) electrons. The van der Waals surface area contributed by atoms with Gasteiger partial charge in [0.2, 0.25) is 5.95 Å². The minimum absolute atomic E-state index is 0.138. The normalized spacial score (nSPS) is 26.4. The lowest BCUT2D eigenvalue weighted by molar-refractivity contribution is -0.0498. The van der Waals surface area contributed by atoms with Crippen LogP contribution in [-0.2, 0) is 39.0 Å². The maximum atomic E-state index is 11.9. The summed E-state index contributed by atoms with van der Waals surface area (Å²) in [6.07, 6.45) is -5.44. The van der Waals surface area contributed by atoms with Crippen molar-refractivity contribution in [1.82, 2.24) is 19.5 Å². The van der Waals surface area contributed by atoms with E-state index in [0.29, 0.717) is 0 Å². The Kier molecular flexibility index (Phi) is 7.09. The Balaban J connectivity index is 1.91. The van der Waals surface area contributed by atoms with Crippen molar-refractivity contribution in [3.63, 3.8) is 0 Å². The van der Waals surface area contributed by atoms with E-state index in [2.05, 4.69) is 35.6 Å². The molecule has 3 rings (SSSR count). The van der Waals surface area contributed by atoms with Crippen LogP contribution in [0.1, 0.15) is 6.23 Å². The van der Waals surface area contributed by atoms with Crippen molar-refractivity contribution in [2.75, 3.05) is 12.3 Å². The summed E-state index contributed by atoms with van der Waals surface area (Å²) in [6.45, 7) is -5.42. The van der Waals surface area contributed by atoms with Crippen molar-refractivity contribution in [2.45, 2.75) is 24.5 Å². The van der Waals surface area contributed by atoms with Gasteiger partial charge in [-0.05, 0) is 11.8 Å². The Labute approximate surface area is 181 Å². The van der Waals surface area contributed by atoms with Crippen LogP contribution in [0.5, 0.6) is 0 Å². The maximum Gasteiger partial charge on any atom is 0.481 e. The van der Waals surface area contributed by atoms with E-state index in [9.17, 15) is 33.7 Å². The molecule has 1 unspecified atom stereocenters. The van der Waals surface area contributed by atoms with Crippen LogP contribution in [0.25, 0.3) is 11.2 Å². The molecule has 1 saturated heterocycles. The number of H-pyrrole nitrogens is 1. The second kappa shape index (κ2) is 8.90. The van der Waals surface area contributed by atoms with E-state index in [4.69, 9.17) is 24.8 Å². The van der Waals surface area contributed by atoms with Crippen LogP contribution in [0.3, 0.4) is 0 Å². The maximum absolute atomic E-state index is 11.9. The number of imidazole rings is 1. The van der Waals surface area contributed by atoms with Gasteiger partial charge in [0.05, 0.1) is 12.9 Å². The van der Waals surface area contributed by atoms with Crippen LogP contribution < -0.4 is 11.3 Å². The highest BCUT2D eigenvalue weighted by molar-refractivity contribution is 8.06. The number of rotatable bonds is 8. The smallest absolute Gasteiger partial charge is 0.386 e. The summed E-state index contributed by atoms with van der Waals surface area (Å²) in [5.74, 6) is -0.290. The fourth-order valence-corrected chi connectivity index (χ4v) is 5.30. The molecule has 2 aromatic heterocycles. The van der Waals surface area contributed by atoms with Gasteiger partial charge in [-0.2, -0.15) is 9.29 Å². The quantitative estimate of drug-likeness (QED) is 0.165. The minimum Gasteiger partial charge on any atom is -0.386 e. The van der Waals surface area contributed by atoms with Crippen LogP contribution in [0, 0.1) is 0 Å². The van der Waals surface area contributed by atoms with Crippen molar-refractivity contribution >= 4 is 51.3 Å². The number of aliphatic hydroxyl groups excluding tert-OH is 1. The number of fused-ring (bicyclic) bond motifs is 1. The van der Waals surface area contributed by atoms with Gasteiger partial charge in [0, 0.05) is 0 Å². The molecule has 0 spiro atoms. The Hall–Kier alpha value is -1.14.